The average molecular weight is 183 g/mol. The zero-order valence-electron chi connectivity index (χ0n) is 7.27. The first-order valence-corrected chi connectivity index (χ1v) is 4.52. The Labute approximate surface area is 76.1 Å². The molecule has 1 aromatic heterocycles. The molecule has 3 N–H and O–H groups in total. The summed E-state index contributed by atoms with van der Waals surface area (Å²) < 4.78 is 1.41. The molecule has 1 aliphatic rings. The second kappa shape index (κ2) is 2.87. The van der Waals surface area contributed by atoms with Gasteiger partial charge in [0.2, 0.25) is 5.88 Å². The fraction of sp³-hybridized carbons (Fsp3) is 0.556. The molecule has 0 bridgehead atoms. The van der Waals surface area contributed by atoms with Gasteiger partial charge in [-0.15, -0.1) is 0 Å². The molecule has 1 saturated carbocycles. The van der Waals surface area contributed by atoms with Gasteiger partial charge in [0.1, 0.15) is 0 Å². The molecule has 1 aromatic rings. The number of aromatic hydroxyl groups is 3. The zero-order valence-corrected chi connectivity index (χ0v) is 7.27. The minimum atomic E-state index is -0.246. The van der Waals surface area contributed by atoms with Crippen molar-refractivity contribution >= 4 is 0 Å². The molecule has 0 amide bonds. The van der Waals surface area contributed by atoms with Crippen molar-refractivity contribution in [3.8, 4) is 17.5 Å². The Morgan fingerprint density at radius 2 is 1.77 bits per heavy atom. The molecular weight excluding hydrogens is 170 g/mol. The van der Waals surface area contributed by atoms with Crippen LogP contribution in [0.15, 0.2) is 6.07 Å². The minimum absolute atomic E-state index is 0.0538. The number of aromatic nitrogens is 1. The van der Waals surface area contributed by atoms with E-state index in [0.717, 1.165) is 25.7 Å². The Hall–Kier alpha value is -1.32. The summed E-state index contributed by atoms with van der Waals surface area (Å²) in [5.74, 6) is -0.518. The maximum atomic E-state index is 9.43. The molecule has 0 aromatic carbocycles. The van der Waals surface area contributed by atoms with E-state index in [2.05, 4.69) is 0 Å². The molecule has 1 fully saturated rings. The highest BCUT2D eigenvalue weighted by Gasteiger charge is 2.23. The zero-order chi connectivity index (χ0) is 9.42. The smallest absolute Gasteiger partial charge is 0.237 e. The van der Waals surface area contributed by atoms with E-state index in [1.807, 2.05) is 0 Å². The molecule has 0 unspecified atom stereocenters. The van der Waals surface area contributed by atoms with E-state index in [9.17, 15) is 10.2 Å². The third-order valence-electron chi connectivity index (χ3n) is 2.66. The van der Waals surface area contributed by atoms with Gasteiger partial charge in [-0.1, -0.05) is 12.8 Å². The highest BCUT2D eigenvalue weighted by atomic mass is 16.3. The van der Waals surface area contributed by atoms with E-state index in [-0.39, 0.29) is 23.6 Å². The molecule has 0 radical (unpaired) electrons. The molecule has 0 aliphatic heterocycles. The Kier molecular flexibility index (Phi) is 1.83. The predicted octanol–water partition coefficient (Wildman–Crippen LogP) is 1.72. The molecular formula is C9H13NO3. The van der Waals surface area contributed by atoms with Crippen LogP contribution in [0.5, 0.6) is 17.5 Å². The largest absolute Gasteiger partial charge is 0.503 e. The summed E-state index contributed by atoms with van der Waals surface area (Å²) in [4.78, 5) is 0. The SMILES string of the molecule is Oc1cc(O)n(C2CCCC2)c1O. The number of hydrogen-bond acceptors (Lipinski definition) is 3. The van der Waals surface area contributed by atoms with E-state index in [1.54, 1.807) is 0 Å². The van der Waals surface area contributed by atoms with Crippen molar-refractivity contribution in [3.63, 3.8) is 0 Å². The normalized spacial score (nSPS) is 18.2. The van der Waals surface area contributed by atoms with Gasteiger partial charge in [0, 0.05) is 12.1 Å². The Morgan fingerprint density at radius 1 is 1.15 bits per heavy atom. The van der Waals surface area contributed by atoms with Gasteiger partial charge in [-0.2, -0.15) is 0 Å². The summed E-state index contributed by atoms with van der Waals surface area (Å²) >= 11 is 0. The van der Waals surface area contributed by atoms with Crippen LogP contribution in [0.4, 0.5) is 0 Å². The maximum Gasteiger partial charge on any atom is 0.237 e. The fourth-order valence-corrected chi connectivity index (χ4v) is 2.01. The number of rotatable bonds is 1. The highest BCUT2D eigenvalue weighted by Crippen LogP contribution is 2.41. The minimum Gasteiger partial charge on any atom is -0.503 e. The van der Waals surface area contributed by atoms with Crippen molar-refractivity contribution in [1.29, 1.82) is 0 Å². The first-order chi connectivity index (χ1) is 6.20. The van der Waals surface area contributed by atoms with E-state index in [1.165, 1.54) is 10.6 Å². The monoisotopic (exact) mass is 183 g/mol. The van der Waals surface area contributed by atoms with Crippen LogP contribution in [-0.2, 0) is 0 Å². The van der Waals surface area contributed by atoms with Gasteiger partial charge in [-0.3, -0.25) is 4.57 Å². The van der Waals surface area contributed by atoms with Gasteiger partial charge in [0.25, 0.3) is 0 Å². The second-order valence-electron chi connectivity index (χ2n) is 3.52. The lowest BCUT2D eigenvalue weighted by Crippen LogP contribution is -2.02. The lowest BCUT2D eigenvalue weighted by molar-refractivity contribution is 0.322. The summed E-state index contributed by atoms with van der Waals surface area (Å²) in [5.41, 5.74) is 0. The van der Waals surface area contributed by atoms with E-state index in [0.29, 0.717) is 0 Å². The average Bonchev–Trinajstić information content (AvgIpc) is 2.63. The molecule has 13 heavy (non-hydrogen) atoms. The third-order valence-corrected chi connectivity index (χ3v) is 2.66. The van der Waals surface area contributed by atoms with Crippen LogP contribution in [0.3, 0.4) is 0 Å². The van der Waals surface area contributed by atoms with Crippen LogP contribution in [0.25, 0.3) is 0 Å². The number of nitrogens with zero attached hydrogens (tertiary/aromatic N) is 1. The van der Waals surface area contributed by atoms with Gasteiger partial charge < -0.3 is 15.3 Å². The molecule has 1 heterocycles. The van der Waals surface area contributed by atoms with Crippen LogP contribution in [-0.4, -0.2) is 19.9 Å². The summed E-state index contributed by atoms with van der Waals surface area (Å²) in [6.07, 6.45) is 4.13. The summed E-state index contributed by atoms with van der Waals surface area (Å²) in [6.45, 7) is 0. The first kappa shape index (κ1) is 8.29. The van der Waals surface area contributed by atoms with Gasteiger partial charge in [0.05, 0.1) is 0 Å². The predicted molar refractivity (Wildman–Crippen MR) is 46.9 cm³/mol. The van der Waals surface area contributed by atoms with Crippen LogP contribution in [0, 0.1) is 0 Å². The van der Waals surface area contributed by atoms with Crippen molar-refractivity contribution in [2.75, 3.05) is 0 Å². The Balaban J connectivity index is 2.37. The molecule has 0 spiro atoms. The van der Waals surface area contributed by atoms with Gasteiger partial charge in [-0.25, -0.2) is 0 Å². The molecule has 0 atom stereocenters. The third kappa shape index (κ3) is 1.22. The molecule has 2 rings (SSSR count). The van der Waals surface area contributed by atoms with E-state index < -0.39 is 0 Å². The van der Waals surface area contributed by atoms with Crippen LogP contribution >= 0.6 is 0 Å². The van der Waals surface area contributed by atoms with Crippen molar-refractivity contribution in [3.05, 3.63) is 6.07 Å². The number of hydrogen-bond donors (Lipinski definition) is 3. The summed E-state index contributed by atoms with van der Waals surface area (Å²) in [5, 5.41) is 28.0. The summed E-state index contributed by atoms with van der Waals surface area (Å²) in [6, 6.07) is 1.31. The van der Waals surface area contributed by atoms with Crippen molar-refractivity contribution < 1.29 is 15.3 Å². The van der Waals surface area contributed by atoms with E-state index in [4.69, 9.17) is 5.11 Å². The van der Waals surface area contributed by atoms with Crippen molar-refractivity contribution in [2.24, 2.45) is 0 Å². The molecule has 0 saturated heterocycles. The van der Waals surface area contributed by atoms with Gasteiger partial charge in [-0.05, 0) is 12.8 Å². The molecule has 1 aliphatic carbocycles. The van der Waals surface area contributed by atoms with Gasteiger partial charge in [0.15, 0.2) is 11.6 Å². The second-order valence-corrected chi connectivity index (χ2v) is 3.52. The molecule has 4 nitrogen and oxygen atoms in total. The maximum absolute atomic E-state index is 9.43. The van der Waals surface area contributed by atoms with Crippen LogP contribution in [0.2, 0.25) is 0 Å². The summed E-state index contributed by atoms with van der Waals surface area (Å²) in [7, 11) is 0. The Morgan fingerprint density at radius 3 is 2.23 bits per heavy atom. The highest BCUT2D eigenvalue weighted by molar-refractivity contribution is 5.40. The van der Waals surface area contributed by atoms with Gasteiger partial charge >= 0.3 is 0 Å². The standard InChI is InChI=1S/C9H13NO3/c11-7-5-8(12)10(9(7)13)6-3-1-2-4-6/h5-6,11-13H,1-4H2. The Bertz CT molecular complexity index is 313. The lowest BCUT2D eigenvalue weighted by atomic mass is 10.2. The quantitative estimate of drug-likeness (QED) is 0.621. The van der Waals surface area contributed by atoms with E-state index >= 15 is 0 Å². The first-order valence-electron chi connectivity index (χ1n) is 4.52. The topological polar surface area (TPSA) is 65.6 Å². The van der Waals surface area contributed by atoms with Crippen molar-refractivity contribution in [2.45, 2.75) is 31.7 Å². The molecule has 4 heteroatoms. The van der Waals surface area contributed by atoms with Crippen molar-refractivity contribution in [1.82, 2.24) is 4.57 Å². The van der Waals surface area contributed by atoms with Crippen LogP contribution in [0.1, 0.15) is 31.7 Å². The van der Waals surface area contributed by atoms with Crippen LogP contribution < -0.4 is 0 Å². The molecule has 72 valence electrons. The fourth-order valence-electron chi connectivity index (χ4n) is 2.01. The lowest BCUT2D eigenvalue weighted by Gasteiger charge is -2.13.